The standard InChI is InChI=1S/C55H111/c1-4-6-8-10-12-14-16-18-20-22-24-26-28-29-30-32-34-36-38-40-42-44-46-48-50-52-54-55(3)53-51-49-47-45-43-41-39-37-35-33-31-27-25-23-21-19-17-15-13-11-9-7-5-2/h54-55H,4-53H2,1-3H3. The molecule has 0 aromatic heterocycles. The van der Waals surface area contributed by atoms with Gasteiger partial charge in [0.15, 0.2) is 0 Å². The first-order chi connectivity index (χ1) is 27.3. The van der Waals surface area contributed by atoms with E-state index in [0.717, 1.165) is 5.92 Å². The molecule has 0 saturated carbocycles. The molecule has 55 heavy (non-hydrogen) atoms. The van der Waals surface area contributed by atoms with Gasteiger partial charge in [-0.3, -0.25) is 0 Å². The Morgan fingerprint density at radius 2 is 0.382 bits per heavy atom. The molecule has 0 aromatic carbocycles. The van der Waals surface area contributed by atoms with Crippen molar-refractivity contribution in [2.45, 2.75) is 342 Å². The molecule has 0 bridgehead atoms. The number of hydrogen-bond acceptors (Lipinski definition) is 0. The van der Waals surface area contributed by atoms with Crippen LogP contribution in [-0.4, -0.2) is 0 Å². The Kier molecular flexibility index (Phi) is 52.0. The number of unbranched alkanes of at least 4 members (excludes halogenated alkanes) is 47. The molecule has 0 aliphatic rings. The van der Waals surface area contributed by atoms with Crippen LogP contribution in [0, 0.1) is 12.3 Å². The van der Waals surface area contributed by atoms with E-state index in [1.54, 1.807) is 0 Å². The summed E-state index contributed by atoms with van der Waals surface area (Å²) in [7, 11) is 0. The van der Waals surface area contributed by atoms with Crippen LogP contribution in [0.3, 0.4) is 0 Å². The fourth-order valence-corrected chi connectivity index (χ4v) is 9.06. The monoisotopic (exact) mass is 772 g/mol. The van der Waals surface area contributed by atoms with Crippen LogP contribution in [0.15, 0.2) is 0 Å². The van der Waals surface area contributed by atoms with Crippen molar-refractivity contribution >= 4 is 0 Å². The molecule has 0 saturated heterocycles. The Morgan fingerprint density at radius 1 is 0.218 bits per heavy atom. The molecule has 0 heteroatoms. The Bertz CT molecular complexity index is 622. The smallest absolute Gasteiger partial charge is 0.0358 e. The Labute approximate surface area is 352 Å². The van der Waals surface area contributed by atoms with Gasteiger partial charge in [0.1, 0.15) is 0 Å². The van der Waals surface area contributed by atoms with E-state index in [1.165, 1.54) is 321 Å². The van der Waals surface area contributed by atoms with Gasteiger partial charge in [0.05, 0.1) is 0 Å². The van der Waals surface area contributed by atoms with E-state index < -0.39 is 0 Å². The number of rotatable bonds is 51. The largest absolute Gasteiger partial charge is 0.0654 e. The van der Waals surface area contributed by atoms with Crippen LogP contribution in [0.25, 0.3) is 0 Å². The molecule has 1 radical (unpaired) electrons. The minimum absolute atomic E-state index is 0.837. The summed E-state index contributed by atoms with van der Waals surface area (Å²) in [6, 6.07) is 0. The first kappa shape index (κ1) is 55.0. The second-order valence-electron chi connectivity index (χ2n) is 19.1. The predicted molar refractivity (Wildman–Crippen MR) is 256 cm³/mol. The van der Waals surface area contributed by atoms with Crippen LogP contribution >= 0.6 is 0 Å². The lowest BCUT2D eigenvalue weighted by Crippen LogP contribution is -1.96. The second-order valence-corrected chi connectivity index (χ2v) is 19.1. The van der Waals surface area contributed by atoms with Crippen LogP contribution in [0.4, 0.5) is 0 Å². The minimum Gasteiger partial charge on any atom is -0.0654 e. The number of hydrogen-bond donors (Lipinski definition) is 0. The zero-order valence-electron chi connectivity index (χ0n) is 39.5. The van der Waals surface area contributed by atoms with Gasteiger partial charge in [-0.05, 0) is 18.8 Å². The van der Waals surface area contributed by atoms with Gasteiger partial charge >= 0.3 is 0 Å². The van der Waals surface area contributed by atoms with E-state index in [2.05, 4.69) is 27.2 Å². The Morgan fingerprint density at radius 3 is 0.582 bits per heavy atom. The molecule has 0 aliphatic heterocycles. The lowest BCUT2D eigenvalue weighted by molar-refractivity contribution is 0.494. The maximum Gasteiger partial charge on any atom is -0.0358 e. The molecule has 0 heterocycles. The van der Waals surface area contributed by atoms with Crippen molar-refractivity contribution in [3.8, 4) is 0 Å². The summed E-state index contributed by atoms with van der Waals surface area (Å²) in [5.41, 5.74) is 0. The molecule has 331 valence electrons. The summed E-state index contributed by atoms with van der Waals surface area (Å²) in [4.78, 5) is 0. The lowest BCUT2D eigenvalue weighted by Gasteiger charge is -2.11. The van der Waals surface area contributed by atoms with Crippen LogP contribution in [0.5, 0.6) is 0 Å². The van der Waals surface area contributed by atoms with E-state index in [-0.39, 0.29) is 0 Å². The fourth-order valence-electron chi connectivity index (χ4n) is 9.06. The Balaban J connectivity index is 3.14. The molecule has 0 aliphatic carbocycles. The van der Waals surface area contributed by atoms with Crippen LogP contribution < -0.4 is 0 Å². The molecule has 0 aromatic rings. The van der Waals surface area contributed by atoms with Gasteiger partial charge in [-0.15, -0.1) is 0 Å². The average Bonchev–Trinajstić information content (AvgIpc) is 3.19. The van der Waals surface area contributed by atoms with Crippen molar-refractivity contribution < 1.29 is 0 Å². The summed E-state index contributed by atoms with van der Waals surface area (Å²) in [5, 5.41) is 0. The summed E-state index contributed by atoms with van der Waals surface area (Å²) in [6.45, 7) is 7.10. The highest BCUT2D eigenvalue weighted by Gasteiger charge is 2.03. The maximum atomic E-state index is 2.65. The maximum absolute atomic E-state index is 2.65. The van der Waals surface area contributed by atoms with Crippen molar-refractivity contribution in [2.24, 2.45) is 5.92 Å². The normalized spacial score (nSPS) is 12.3. The first-order valence-corrected chi connectivity index (χ1v) is 27.1. The zero-order chi connectivity index (χ0) is 39.6. The Hall–Kier alpha value is 0. The van der Waals surface area contributed by atoms with Gasteiger partial charge < -0.3 is 0 Å². The van der Waals surface area contributed by atoms with Gasteiger partial charge in [-0.25, -0.2) is 0 Å². The third kappa shape index (κ3) is 52.0. The van der Waals surface area contributed by atoms with Gasteiger partial charge in [-0.1, -0.05) is 335 Å². The third-order valence-corrected chi connectivity index (χ3v) is 13.1. The van der Waals surface area contributed by atoms with E-state index in [4.69, 9.17) is 0 Å². The fraction of sp³-hybridized carbons (Fsp3) is 0.982. The van der Waals surface area contributed by atoms with Gasteiger partial charge in [0, 0.05) is 0 Å². The molecule has 0 amide bonds. The predicted octanol–water partition coefficient (Wildman–Crippen LogP) is 21.4. The van der Waals surface area contributed by atoms with Gasteiger partial charge in [0.2, 0.25) is 0 Å². The zero-order valence-corrected chi connectivity index (χ0v) is 39.5. The molecule has 0 rings (SSSR count). The van der Waals surface area contributed by atoms with Crippen molar-refractivity contribution in [1.82, 2.24) is 0 Å². The lowest BCUT2D eigenvalue weighted by atomic mass is 9.95. The van der Waals surface area contributed by atoms with Crippen LogP contribution in [0.1, 0.15) is 342 Å². The molecule has 1 atom stereocenters. The molecule has 0 nitrogen and oxygen atoms in total. The molecule has 0 N–H and O–H groups in total. The van der Waals surface area contributed by atoms with Gasteiger partial charge in [0.25, 0.3) is 0 Å². The highest BCUT2D eigenvalue weighted by atomic mass is 14.1. The van der Waals surface area contributed by atoms with Crippen molar-refractivity contribution in [3.05, 3.63) is 6.42 Å². The minimum atomic E-state index is 0.837. The summed E-state index contributed by atoms with van der Waals surface area (Å²) in [5.74, 6) is 0.837. The SMILES string of the molecule is CCCCCCCCCCCCCCCCCCCCCCCCCCC[CH]C(C)CCCCCCCCCCCCCCCCCCCCCCCCC. The van der Waals surface area contributed by atoms with Crippen molar-refractivity contribution in [1.29, 1.82) is 0 Å². The summed E-state index contributed by atoms with van der Waals surface area (Å²) >= 11 is 0. The quantitative estimate of drug-likeness (QED) is 0.0540. The first-order valence-electron chi connectivity index (χ1n) is 27.1. The van der Waals surface area contributed by atoms with Crippen LogP contribution in [0.2, 0.25) is 0 Å². The van der Waals surface area contributed by atoms with Crippen molar-refractivity contribution in [3.63, 3.8) is 0 Å². The molecular formula is C55H111. The average molecular weight is 772 g/mol. The highest BCUT2D eigenvalue weighted by molar-refractivity contribution is 4.72. The third-order valence-electron chi connectivity index (χ3n) is 13.1. The topological polar surface area (TPSA) is 0 Å². The molecule has 0 fully saturated rings. The van der Waals surface area contributed by atoms with Crippen LogP contribution in [-0.2, 0) is 0 Å². The van der Waals surface area contributed by atoms with Crippen molar-refractivity contribution in [2.75, 3.05) is 0 Å². The molecular weight excluding hydrogens is 661 g/mol. The summed E-state index contributed by atoms with van der Waals surface area (Å²) in [6.07, 6.45) is 76.4. The van der Waals surface area contributed by atoms with E-state index >= 15 is 0 Å². The van der Waals surface area contributed by atoms with E-state index in [9.17, 15) is 0 Å². The highest BCUT2D eigenvalue weighted by Crippen LogP contribution is 2.20. The second kappa shape index (κ2) is 52.0. The molecule has 0 spiro atoms. The van der Waals surface area contributed by atoms with E-state index in [1.807, 2.05) is 0 Å². The molecule has 1 unspecified atom stereocenters. The van der Waals surface area contributed by atoms with Gasteiger partial charge in [-0.2, -0.15) is 0 Å². The van der Waals surface area contributed by atoms with E-state index in [0.29, 0.717) is 0 Å². The summed E-state index contributed by atoms with van der Waals surface area (Å²) < 4.78 is 0.